The minimum absolute atomic E-state index is 0.0277. The van der Waals surface area contributed by atoms with Crippen molar-refractivity contribution in [3.05, 3.63) is 11.6 Å². The smallest absolute Gasteiger partial charge is 0.336 e. The maximum Gasteiger partial charge on any atom is 0.336 e. The van der Waals surface area contributed by atoms with Gasteiger partial charge in [0.1, 0.15) is 12.7 Å². The van der Waals surface area contributed by atoms with Crippen molar-refractivity contribution in [1.29, 1.82) is 0 Å². The average Bonchev–Trinajstić information content (AvgIpc) is 2.60. The van der Waals surface area contributed by atoms with Crippen LogP contribution in [-0.4, -0.2) is 40.3 Å². The summed E-state index contributed by atoms with van der Waals surface area (Å²) < 4.78 is 11.3. The molecule has 5 heteroatoms. The van der Waals surface area contributed by atoms with E-state index in [4.69, 9.17) is 9.47 Å². The highest BCUT2D eigenvalue weighted by Crippen LogP contribution is 2.54. The summed E-state index contributed by atoms with van der Waals surface area (Å²) in [7, 11) is 0. The van der Waals surface area contributed by atoms with E-state index < -0.39 is 11.7 Å². The Balaban J connectivity index is 1.99. The maximum atomic E-state index is 11.7. The molecule has 1 saturated carbocycles. The number of rotatable bonds is 0. The molecule has 4 nitrogen and oxygen atoms in total. The number of cyclic esters (lactones) is 1. The lowest BCUT2D eigenvalue weighted by atomic mass is 9.60. The number of allylic oxidation sites excluding steroid dienone is 1. The molecule has 0 aromatic rings. The fourth-order valence-electron chi connectivity index (χ4n) is 4.16. The lowest BCUT2D eigenvalue weighted by molar-refractivity contribution is -0.174. The number of hydrogen-bond donors (Lipinski definition) is 1. The maximum absolute atomic E-state index is 11.7. The molecule has 0 amide bonds. The van der Waals surface area contributed by atoms with Crippen LogP contribution in [0.4, 0.5) is 0 Å². The van der Waals surface area contributed by atoms with Crippen LogP contribution in [0.25, 0.3) is 0 Å². The Kier molecular flexibility index (Phi) is 3.31. The molecule has 5 atom stereocenters. The summed E-state index contributed by atoms with van der Waals surface area (Å²) in [5, 5.41) is 10.4. The van der Waals surface area contributed by atoms with Crippen LogP contribution < -0.4 is 0 Å². The lowest BCUT2D eigenvalue weighted by Gasteiger charge is -2.54. The number of carbonyl (C=O) groups is 1. The normalized spacial score (nSPS) is 46.9. The third-order valence-electron chi connectivity index (χ3n) is 5.23. The van der Waals surface area contributed by atoms with Crippen LogP contribution in [0.2, 0.25) is 0 Å². The fraction of sp³-hybridized carbons (Fsp3) is 0.800. The van der Waals surface area contributed by atoms with Crippen LogP contribution in [0.5, 0.6) is 0 Å². The van der Waals surface area contributed by atoms with Crippen LogP contribution in [-0.2, 0) is 14.3 Å². The fourth-order valence-corrected chi connectivity index (χ4v) is 4.66. The van der Waals surface area contributed by atoms with Crippen LogP contribution in [0.1, 0.15) is 33.6 Å². The minimum atomic E-state index is -0.453. The van der Waals surface area contributed by atoms with Crippen LogP contribution in [0.15, 0.2) is 11.6 Å². The Morgan fingerprint density at radius 2 is 2.10 bits per heavy atom. The zero-order chi connectivity index (χ0) is 14.7. The zero-order valence-corrected chi connectivity index (χ0v) is 13.6. The summed E-state index contributed by atoms with van der Waals surface area (Å²) in [6.45, 7) is 6.65. The SMILES string of the molecule is CC1(C)[C@@H](Br)[C@@H](O)C[C@]2(C)O[C@H]3COC(=O)C3=CC[C@@H]12. The molecule has 3 aliphatic rings. The molecule has 20 heavy (non-hydrogen) atoms. The average molecular weight is 345 g/mol. The van der Waals surface area contributed by atoms with E-state index >= 15 is 0 Å². The Bertz CT molecular complexity index is 472. The topological polar surface area (TPSA) is 55.8 Å². The third-order valence-corrected chi connectivity index (χ3v) is 7.02. The number of hydrogen-bond acceptors (Lipinski definition) is 4. The van der Waals surface area contributed by atoms with E-state index in [0.29, 0.717) is 18.6 Å². The molecule has 1 saturated heterocycles. The van der Waals surface area contributed by atoms with Gasteiger partial charge in [-0.3, -0.25) is 0 Å². The van der Waals surface area contributed by atoms with Crippen molar-refractivity contribution in [2.24, 2.45) is 11.3 Å². The van der Waals surface area contributed by atoms with Crippen LogP contribution in [0, 0.1) is 11.3 Å². The number of aliphatic hydroxyl groups is 1. The molecule has 2 fully saturated rings. The van der Waals surface area contributed by atoms with Gasteiger partial charge in [0.15, 0.2) is 0 Å². The summed E-state index contributed by atoms with van der Waals surface area (Å²) in [4.78, 5) is 11.8. The zero-order valence-electron chi connectivity index (χ0n) is 12.1. The molecule has 0 radical (unpaired) electrons. The van der Waals surface area contributed by atoms with Gasteiger partial charge in [-0.15, -0.1) is 0 Å². The van der Waals surface area contributed by atoms with Gasteiger partial charge in [-0.1, -0.05) is 35.9 Å². The molecule has 0 bridgehead atoms. The van der Waals surface area contributed by atoms with E-state index in [2.05, 4.69) is 36.7 Å². The first-order valence-corrected chi connectivity index (χ1v) is 8.04. The van der Waals surface area contributed by atoms with Crippen molar-refractivity contribution < 1.29 is 19.4 Å². The van der Waals surface area contributed by atoms with E-state index in [9.17, 15) is 9.90 Å². The second kappa shape index (κ2) is 4.55. The highest BCUT2D eigenvalue weighted by atomic mass is 79.9. The number of carbonyl (C=O) groups excluding carboxylic acids is 1. The molecule has 3 rings (SSSR count). The molecule has 0 aromatic heterocycles. The van der Waals surface area contributed by atoms with E-state index in [0.717, 1.165) is 6.42 Å². The van der Waals surface area contributed by atoms with E-state index in [1.165, 1.54) is 0 Å². The van der Waals surface area contributed by atoms with Gasteiger partial charge < -0.3 is 14.6 Å². The standard InChI is InChI=1S/C15H21BrO4/c1-14(2)11-5-4-8-10(7-19-13(8)18)20-15(11,3)6-9(17)12(14)16/h4,9-12,17H,5-7H2,1-3H3/t9-,10-,11-,12-,15-/m0/s1. The van der Waals surface area contributed by atoms with Crippen molar-refractivity contribution in [2.45, 2.75) is 56.2 Å². The predicted molar refractivity (Wildman–Crippen MR) is 77.5 cm³/mol. The summed E-state index contributed by atoms with van der Waals surface area (Å²) in [5.74, 6) is -0.0142. The Morgan fingerprint density at radius 1 is 1.40 bits per heavy atom. The highest BCUT2D eigenvalue weighted by molar-refractivity contribution is 9.09. The van der Waals surface area contributed by atoms with Gasteiger partial charge in [0, 0.05) is 11.2 Å². The van der Waals surface area contributed by atoms with E-state index in [1.54, 1.807) is 0 Å². The van der Waals surface area contributed by atoms with Crippen molar-refractivity contribution in [3.63, 3.8) is 0 Å². The van der Waals surface area contributed by atoms with Gasteiger partial charge in [0.2, 0.25) is 0 Å². The van der Waals surface area contributed by atoms with Crippen LogP contribution in [0.3, 0.4) is 0 Å². The molecule has 2 heterocycles. The first-order chi connectivity index (χ1) is 9.25. The van der Waals surface area contributed by atoms with Crippen molar-refractivity contribution in [3.8, 4) is 0 Å². The summed E-state index contributed by atoms with van der Waals surface area (Å²) >= 11 is 3.64. The van der Waals surface area contributed by atoms with Crippen molar-refractivity contribution >= 4 is 21.9 Å². The third kappa shape index (κ3) is 1.97. The Labute approximate surface area is 127 Å². The quantitative estimate of drug-likeness (QED) is 0.540. The van der Waals surface area contributed by atoms with Crippen molar-refractivity contribution in [2.75, 3.05) is 6.61 Å². The largest absolute Gasteiger partial charge is 0.459 e. The molecule has 112 valence electrons. The number of alkyl halides is 1. The summed E-state index contributed by atoms with van der Waals surface area (Å²) in [6.07, 6.45) is 2.59. The molecule has 0 spiro atoms. The predicted octanol–water partition coefficient (Wildman–Crippen LogP) is 2.19. The summed E-state index contributed by atoms with van der Waals surface area (Å²) in [5.41, 5.74) is 0.0906. The van der Waals surface area contributed by atoms with Crippen molar-refractivity contribution in [1.82, 2.24) is 0 Å². The number of esters is 1. The van der Waals surface area contributed by atoms with Gasteiger partial charge in [-0.05, 0) is 24.7 Å². The molecular formula is C15H21BrO4. The first kappa shape index (κ1) is 14.5. The first-order valence-electron chi connectivity index (χ1n) is 7.13. The minimum Gasteiger partial charge on any atom is -0.459 e. The molecule has 2 aliphatic heterocycles. The molecule has 1 aliphatic carbocycles. The number of halogens is 1. The number of fused-ring (bicyclic) bond motifs is 2. The van der Waals surface area contributed by atoms with E-state index in [1.807, 2.05) is 6.08 Å². The van der Waals surface area contributed by atoms with Gasteiger partial charge in [-0.2, -0.15) is 0 Å². The molecule has 0 unspecified atom stereocenters. The van der Waals surface area contributed by atoms with Crippen LogP contribution >= 0.6 is 15.9 Å². The number of ether oxygens (including phenoxy) is 2. The Morgan fingerprint density at radius 3 is 2.80 bits per heavy atom. The molecule has 1 N–H and O–H groups in total. The van der Waals surface area contributed by atoms with Gasteiger partial charge >= 0.3 is 5.97 Å². The van der Waals surface area contributed by atoms with Gasteiger partial charge in [0.05, 0.1) is 17.3 Å². The molecule has 0 aromatic carbocycles. The highest BCUT2D eigenvalue weighted by Gasteiger charge is 2.57. The van der Waals surface area contributed by atoms with Gasteiger partial charge in [-0.25, -0.2) is 4.79 Å². The second-order valence-electron chi connectivity index (χ2n) is 6.96. The summed E-state index contributed by atoms with van der Waals surface area (Å²) in [6, 6.07) is 0. The van der Waals surface area contributed by atoms with E-state index in [-0.39, 0.29) is 28.2 Å². The van der Waals surface area contributed by atoms with Gasteiger partial charge in [0.25, 0.3) is 0 Å². The lowest BCUT2D eigenvalue weighted by Crippen LogP contribution is -2.59. The Hall–Kier alpha value is -0.390. The molecular weight excluding hydrogens is 324 g/mol. The monoisotopic (exact) mass is 344 g/mol. The second-order valence-corrected chi connectivity index (χ2v) is 7.95. The number of aliphatic hydroxyl groups excluding tert-OH is 1.